The zero-order chi connectivity index (χ0) is 10.7. The van der Waals surface area contributed by atoms with E-state index in [0.29, 0.717) is 0 Å². The molecule has 0 amide bonds. The molecular formula is C7H9N3O4. The summed E-state index contributed by atoms with van der Waals surface area (Å²) in [5.74, 6) is -0.616. The van der Waals surface area contributed by atoms with Crippen LogP contribution in [0.4, 0.5) is 0 Å². The number of aromatic nitrogens is 2. The van der Waals surface area contributed by atoms with E-state index in [1.54, 1.807) is 0 Å². The Kier molecular flexibility index (Phi) is 2.80. The Morgan fingerprint density at radius 3 is 2.93 bits per heavy atom. The monoisotopic (exact) mass is 199 g/mol. The first-order chi connectivity index (χ1) is 6.56. The van der Waals surface area contributed by atoms with Crippen molar-refractivity contribution in [2.24, 2.45) is 7.05 Å². The van der Waals surface area contributed by atoms with Gasteiger partial charge in [0.2, 0.25) is 6.54 Å². The molecule has 0 bridgehead atoms. The summed E-state index contributed by atoms with van der Waals surface area (Å²) in [7, 11) is 2.75. The van der Waals surface area contributed by atoms with E-state index in [2.05, 4.69) is 9.84 Å². The van der Waals surface area contributed by atoms with Gasteiger partial charge in [0, 0.05) is 12.0 Å². The predicted octanol–water partition coefficient (Wildman–Crippen LogP) is -0.0166. The molecule has 7 nitrogen and oxygen atoms in total. The van der Waals surface area contributed by atoms with Gasteiger partial charge in [-0.25, -0.2) is 4.79 Å². The molecule has 0 unspecified atom stereocenters. The van der Waals surface area contributed by atoms with Gasteiger partial charge in [-0.15, -0.1) is 0 Å². The fraction of sp³-hybridized carbons (Fsp3) is 0.429. The lowest BCUT2D eigenvalue weighted by Gasteiger charge is -1.99. The molecule has 0 aliphatic rings. The molecule has 1 heterocycles. The van der Waals surface area contributed by atoms with E-state index in [4.69, 9.17) is 0 Å². The van der Waals surface area contributed by atoms with E-state index in [-0.39, 0.29) is 11.3 Å². The Bertz CT molecular complexity index is 371. The SMILES string of the molecule is COC(=O)c1cnn(C)c1C[N+](=O)[O-]. The molecule has 1 aromatic heterocycles. The average molecular weight is 199 g/mol. The number of hydrogen-bond acceptors (Lipinski definition) is 5. The van der Waals surface area contributed by atoms with E-state index >= 15 is 0 Å². The van der Waals surface area contributed by atoms with E-state index in [9.17, 15) is 14.9 Å². The molecule has 7 heteroatoms. The van der Waals surface area contributed by atoms with E-state index < -0.39 is 17.4 Å². The van der Waals surface area contributed by atoms with Crippen molar-refractivity contribution in [2.75, 3.05) is 7.11 Å². The quantitative estimate of drug-likeness (QED) is 0.388. The van der Waals surface area contributed by atoms with Crippen molar-refractivity contribution in [3.8, 4) is 0 Å². The summed E-state index contributed by atoms with van der Waals surface area (Å²) in [5, 5.41) is 14.0. The summed E-state index contributed by atoms with van der Waals surface area (Å²) >= 11 is 0. The number of esters is 1. The molecule has 0 radical (unpaired) electrons. The largest absolute Gasteiger partial charge is 0.465 e. The van der Waals surface area contributed by atoms with Crippen molar-refractivity contribution in [2.45, 2.75) is 6.54 Å². The van der Waals surface area contributed by atoms with Crippen LogP contribution in [0.25, 0.3) is 0 Å². The third-order valence-electron chi connectivity index (χ3n) is 1.75. The third-order valence-corrected chi connectivity index (χ3v) is 1.75. The molecule has 0 aromatic carbocycles. The molecule has 0 aliphatic carbocycles. The van der Waals surface area contributed by atoms with Crippen LogP contribution in [0.5, 0.6) is 0 Å². The number of ether oxygens (including phenoxy) is 1. The highest BCUT2D eigenvalue weighted by atomic mass is 16.6. The second-order valence-electron chi connectivity index (χ2n) is 2.61. The lowest BCUT2D eigenvalue weighted by Crippen LogP contribution is -2.11. The molecule has 1 rings (SSSR count). The second-order valence-corrected chi connectivity index (χ2v) is 2.61. The normalized spacial score (nSPS) is 9.86. The van der Waals surface area contributed by atoms with Crippen LogP contribution in [0, 0.1) is 10.1 Å². The number of aryl methyl sites for hydroxylation is 1. The van der Waals surface area contributed by atoms with Gasteiger partial charge < -0.3 is 4.74 Å². The van der Waals surface area contributed by atoms with Crippen LogP contribution in [0.3, 0.4) is 0 Å². The summed E-state index contributed by atoms with van der Waals surface area (Å²) in [6.45, 7) is -0.444. The lowest BCUT2D eigenvalue weighted by molar-refractivity contribution is -0.497. The molecule has 0 fully saturated rings. The van der Waals surface area contributed by atoms with Crippen LogP contribution < -0.4 is 0 Å². The highest BCUT2D eigenvalue weighted by Crippen LogP contribution is 2.09. The van der Waals surface area contributed by atoms with Gasteiger partial charge in [-0.1, -0.05) is 0 Å². The standard InChI is InChI=1S/C7H9N3O4/c1-9-6(4-10(12)13)5(3-8-9)7(11)14-2/h3H,4H2,1-2H3. The van der Waals surface area contributed by atoms with Gasteiger partial charge in [-0.3, -0.25) is 14.8 Å². The number of carbonyl (C=O) groups excluding carboxylic acids is 1. The minimum absolute atomic E-state index is 0.131. The molecule has 14 heavy (non-hydrogen) atoms. The highest BCUT2D eigenvalue weighted by molar-refractivity contribution is 5.90. The highest BCUT2D eigenvalue weighted by Gasteiger charge is 2.19. The number of methoxy groups -OCH3 is 1. The summed E-state index contributed by atoms with van der Waals surface area (Å²) in [6.07, 6.45) is 1.25. The Labute approximate surface area is 79.4 Å². The number of hydrogen-bond donors (Lipinski definition) is 0. The Morgan fingerprint density at radius 1 is 1.79 bits per heavy atom. The average Bonchev–Trinajstić information content (AvgIpc) is 2.46. The zero-order valence-corrected chi connectivity index (χ0v) is 7.76. The molecule has 0 N–H and O–H groups in total. The number of carbonyl (C=O) groups is 1. The van der Waals surface area contributed by atoms with Gasteiger partial charge in [-0.05, 0) is 0 Å². The van der Waals surface area contributed by atoms with Gasteiger partial charge in [0.05, 0.1) is 13.3 Å². The Hall–Kier alpha value is -1.92. The molecular weight excluding hydrogens is 190 g/mol. The molecule has 0 saturated heterocycles. The molecule has 76 valence electrons. The van der Waals surface area contributed by atoms with E-state index in [0.717, 1.165) is 0 Å². The van der Waals surface area contributed by atoms with Crippen LogP contribution in [0.15, 0.2) is 6.20 Å². The van der Waals surface area contributed by atoms with Crippen molar-refractivity contribution < 1.29 is 14.5 Å². The molecule has 0 spiro atoms. The number of nitrogens with zero attached hydrogens (tertiary/aromatic N) is 3. The lowest BCUT2D eigenvalue weighted by atomic mass is 10.2. The van der Waals surface area contributed by atoms with Gasteiger partial charge >= 0.3 is 5.97 Å². The number of rotatable bonds is 3. The van der Waals surface area contributed by atoms with Crippen molar-refractivity contribution >= 4 is 5.97 Å². The van der Waals surface area contributed by atoms with E-state index in [1.807, 2.05) is 0 Å². The first-order valence-corrected chi connectivity index (χ1v) is 3.77. The zero-order valence-electron chi connectivity index (χ0n) is 7.76. The van der Waals surface area contributed by atoms with Crippen LogP contribution in [0.1, 0.15) is 16.1 Å². The minimum atomic E-state index is -0.616. The Balaban J connectivity index is 3.05. The first kappa shape index (κ1) is 10.2. The molecule has 0 atom stereocenters. The van der Waals surface area contributed by atoms with Crippen LogP contribution in [-0.2, 0) is 18.3 Å². The van der Waals surface area contributed by atoms with Gasteiger partial charge in [0.25, 0.3) is 0 Å². The van der Waals surface area contributed by atoms with Crippen LogP contribution >= 0.6 is 0 Å². The van der Waals surface area contributed by atoms with Gasteiger partial charge in [0.1, 0.15) is 11.3 Å². The van der Waals surface area contributed by atoms with Gasteiger partial charge in [-0.2, -0.15) is 5.10 Å². The molecule has 0 aliphatic heterocycles. The fourth-order valence-corrected chi connectivity index (χ4v) is 1.05. The minimum Gasteiger partial charge on any atom is -0.465 e. The Morgan fingerprint density at radius 2 is 2.43 bits per heavy atom. The molecule has 1 aromatic rings. The smallest absolute Gasteiger partial charge is 0.341 e. The van der Waals surface area contributed by atoms with Crippen molar-refractivity contribution in [3.05, 3.63) is 27.6 Å². The fourth-order valence-electron chi connectivity index (χ4n) is 1.05. The molecule has 0 saturated carbocycles. The second kappa shape index (κ2) is 3.86. The van der Waals surface area contributed by atoms with Crippen molar-refractivity contribution in [1.82, 2.24) is 9.78 Å². The van der Waals surface area contributed by atoms with Crippen LogP contribution in [0.2, 0.25) is 0 Å². The maximum atomic E-state index is 11.1. The summed E-state index contributed by atoms with van der Waals surface area (Å²) in [4.78, 5) is 20.9. The van der Waals surface area contributed by atoms with Crippen LogP contribution in [-0.4, -0.2) is 27.8 Å². The summed E-state index contributed by atoms with van der Waals surface area (Å²) in [5.41, 5.74) is 0.369. The summed E-state index contributed by atoms with van der Waals surface area (Å²) in [6, 6.07) is 0. The van der Waals surface area contributed by atoms with Crippen molar-refractivity contribution in [3.63, 3.8) is 0 Å². The van der Waals surface area contributed by atoms with Crippen molar-refractivity contribution in [1.29, 1.82) is 0 Å². The maximum Gasteiger partial charge on any atom is 0.341 e. The maximum absolute atomic E-state index is 11.1. The first-order valence-electron chi connectivity index (χ1n) is 3.77. The van der Waals surface area contributed by atoms with E-state index in [1.165, 1.54) is 25.0 Å². The number of nitro groups is 1. The summed E-state index contributed by atoms with van der Waals surface area (Å²) < 4.78 is 5.74. The predicted molar refractivity (Wildman–Crippen MR) is 45.2 cm³/mol. The topological polar surface area (TPSA) is 87.3 Å². The van der Waals surface area contributed by atoms with Gasteiger partial charge in [0.15, 0.2) is 0 Å². The third kappa shape index (κ3) is 1.87.